The quantitative estimate of drug-likeness (QED) is 0.0222. The predicted octanol–water partition coefficient (Wildman–Crippen LogP) is 24.3. The summed E-state index contributed by atoms with van der Waals surface area (Å²) in [6.07, 6.45) is 62.5. The van der Waals surface area contributed by atoms with Gasteiger partial charge >= 0.3 is 39.5 Å². The first kappa shape index (κ1) is 98.1. The van der Waals surface area contributed by atoms with Crippen molar-refractivity contribution in [1.29, 1.82) is 0 Å². The highest BCUT2D eigenvalue weighted by atomic mass is 31.2. The van der Waals surface area contributed by atoms with Crippen LogP contribution in [0.2, 0.25) is 0 Å². The van der Waals surface area contributed by atoms with E-state index in [2.05, 4.69) is 41.5 Å². The van der Waals surface area contributed by atoms with E-state index in [0.717, 1.165) is 102 Å². The minimum Gasteiger partial charge on any atom is -0.462 e. The SMILES string of the molecule is CCCCCCCCCCCCCCCCCCCCCCCC(=O)O[C@H](COC(=O)CCCCCCCCCCCCCCCC(C)C)COP(=O)(O)OC[C@@H](O)COP(=O)(O)OC[C@@H](COC(=O)CCCCCCCCCCCC)OC(=O)CCCCCCCCCCCCC(C)C. The monoisotopic (exact) mass is 1470 g/mol. The smallest absolute Gasteiger partial charge is 0.462 e. The number of carbonyl (C=O) groups excluding carboxylic acids is 4. The Morgan fingerprint density at radius 2 is 0.460 bits per heavy atom. The molecule has 3 N–H and O–H groups in total. The summed E-state index contributed by atoms with van der Waals surface area (Å²) in [6, 6.07) is 0. The second-order valence-electron chi connectivity index (χ2n) is 30.1. The van der Waals surface area contributed by atoms with Crippen LogP contribution in [0.3, 0.4) is 0 Å². The van der Waals surface area contributed by atoms with E-state index >= 15 is 0 Å². The number of carbonyl (C=O) groups is 4. The fourth-order valence-corrected chi connectivity index (χ4v) is 14.1. The Balaban J connectivity index is 5.22. The molecule has 0 spiro atoms. The van der Waals surface area contributed by atoms with Crippen molar-refractivity contribution in [2.75, 3.05) is 39.6 Å². The fourth-order valence-electron chi connectivity index (χ4n) is 12.5. The molecule has 17 nitrogen and oxygen atoms in total. The van der Waals surface area contributed by atoms with Gasteiger partial charge in [-0.25, -0.2) is 9.13 Å². The molecule has 0 rings (SSSR count). The van der Waals surface area contributed by atoms with Gasteiger partial charge in [0.2, 0.25) is 0 Å². The molecule has 0 fully saturated rings. The molecule has 0 saturated heterocycles. The molecule has 594 valence electrons. The van der Waals surface area contributed by atoms with E-state index in [1.165, 1.54) is 244 Å². The lowest BCUT2D eigenvalue weighted by Gasteiger charge is -2.21. The van der Waals surface area contributed by atoms with Gasteiger partial charge in [-0.1, -0.05) is 375 Å². The van der Waals surface area contributed by atoms with Gasteiger partial charge in [0, 0.05) is 25.7 Å². The number of hydrogen-bond donors (Lipinski definition) is 3. The summed E-state index contributed by atoms with van der Waals surface area (Å²) in [6.45, 7) is 9.63. The molecule has 0 radical (unpaired) electrons. The third kappa shape index (κ3) is 74.3. The Morgan fingerprint density at radius 3 is 0.680 bits per heavy atom. The van der Waals surface area contributed by atoms with Gasteiger partial charge < -0.3 is 33.8 Å². The highest BCUT2D eigenvalue weighted by Gasteiger charge is 2.30. The Morgan fingerprint density at radius 1 is 0.270 bits per heavy atom. The van der Waals surface area contributed by atoms with Gasteiger partial charge in [-0.15, -0.1) is 0 Å². The van der Waals surface area contributed by atoms with E-state index in [-0.39, 0.29) is 25.7 Å². The van der Waals surface area contributed by atoms with Crippen LogP contribution < -0.4 is 0 Å². The van der Waals surface area contributed by atoms with E-state index in [0.29, 0.717) is 25.7 Å². The second kappa shape index (κ2) is 72.6. The summed E-state index contributed by atoms with van der Waals surface area (Å²) in [5, 5.41) is 10.6. The highest BCUT2D eigenvalue weighted by Crippen LogP contribution is 2.45. The minimum absolute atomic E-state index is 0.106. The highest BCUT2D eigenvalue weighted by molar-refractivity contribution is 7.47. The maximum Gasteiger partial charge on any atom is 0.472 e. The number of ether oxygens (including phenoxy) is 4. The summed E-state index contributed by atoms with van der Waals surface area (Å²) in [7, 11) is -9.92. The molecule has 0 aromatic carbocycles. The standard InChI is InChI=1S/C81H158O17P2/c1-7-9-11-13-15-17-19-20-21-22-23-24-25-26-27-30-34-41-47-53-59-65-80(85)97-77(70-92-79(84)64-58-52-46-40-33-31-28-29-32-37-43-49-55-61-73(3)4)72-96-100(89,90)94-68-75(82)67-93-99(87,88)95-71-76(69-91-78(83)63-57-51-45-39-18-16-14-12-10-8-2)98-81(86)66-60-54-48-42-36-35-38-44-50-56-62-74(5)6/h73-77,82H,7-72H2,1-6H3,(H,87,88)(H,89,90)/t75-,76+,77+/m0/s1. The van der Waals surface area contributed by atoms with Crippen LogP contribution in [-0.4, -0.2) is 96.7 Å². The van der Waals surface area contributed by atoms with Crippen LogP contribution in [0.4, 0.5) is 0 Å². The van der Waals surface area contributed by atoms with Crippen LogP contribution in [-0.2, 0) is 65.4 Å². The van der Waals surface area contributed by atoms with Crippen LogP contribution in [0.25, 0.3) is 0 Å². The fraction of sp³-hybridized carbons (Fsp3) is 0.951. The summed E-state index contributed by atoms with van der Waals surface area (Å²) in [5.74, 6) is -0.566. The van der Waals surface area contributed by atoms with E-state index in [1.54, 1.807) is 0 Å². The van der Waals surface area contributed by atoms with Crippen molar-refractivity contribution in [3.8, 4) is 0 Å². The molecule has 0 aliphatic heterocycles. The van der Waals surface area contributed by atoms with E-state index in [4.69, 9.17) is 37.0 Å². The average Bonchev–Trinajstić information content (AvgIpc) is 1.26. The number of esters is 4. The van der Waals surface area contributed by atoms with Gasteiger partial charge in [-0.3, -0.25) is 37.3 Å². The molecule has 0 aliphatic rings. The summed E-state index contributed by atoms with van der Waals surface area (Å²) in [5.41, 5.74) is 0. The third-order valence-electron chi connectivity index (χ3n) is 19.0. The number of phosphoric acid groups is 2. The maximum atomic E-state index is 13.1. The summed E-state index contributed by atoms with van der Waals surface area (Å²) >= 11 is 0. The zero-order valence-corrected chi connectivity index (χ0v) is 67.3. The van der Waals surface area contributed by atoms with Crippen molar-refractivity contribution in [1.82, 2.24) is 0 Å². The molecule has 100 heavy (non-hydrogen) atoms. The number of hydrogen-bond acceptors (Lipinski definition) is 15. The Labute approximate surface area is 613 Å². The number of rotatable bonds is 80. The molecule has 19 heteroatoms. The zero-order chi connectivity index (χ0) is 73.5. The van der Waals surface area contributed by atoms with Crippen molar-refractivity contribution < 1.29 is 80.2 Å². The molecule has 0 heterocycles. The number of unbranched alkanes of at least 4 members (excludes halogenated alkanes) is 50. The van der Waals surface area contributed by atoms with Gasteiger partial charge in [-0.2, -0.15) is 0 Å². The molecule has 0 saturated carbocycles. The van der Waals surface area contributed by atoms with Crippen LogP contribution in [0.5, 0.6) is 0 Å². The van der Waals surface area contributed by atoms with Gasteiger partial charge in [-0.05, 0) is 37.5 Å². The minimum atomic E-state index is -4.96. The van der Waals surface area contributed by atoms with Crippen molar-refractivity contribution in [2.45, 2.75) is 445 Å². The van der Waals surface area contributed by atoms with E-state index in [1.807, 2.05) is 0 Å². The topological polar surface area (TPSA) is 237 Å². The lowest BCUT2D eigenvalue weighted by atomic mass is 10.0. The zero-order valence-electron chi connectivity index (χ0n) is 65.5. The van der Waals surface area contributed by atoms with Crippen LogP contribution in [0.15, 0.2) is 0 Å². The normalized spacial score (nSPS) is 13.9. The van der Waals surface area contributed by atoms with Gasteiger partial charge in [0.25, 0.3) is 0 Å². The van der Waals surface area contributed by atoms with Crippen molar-refractivity contribution >= 4 is 39.5 Å². The molecule has 2 unspecified atom stereocenters. The molecular formula is C81H158O17P2. The Kier molecular flexibility index (Phi) is 71.2. The van der Waals surface area contributed by atoms with Crippen LogP contribution in [0.1, 0.15) is 427 Å². The maximum absolute atomic E-state index is 13.1. The first-order valence-electron chi connectivity index (χ1n) is 42.0. The predicted molar refractivity (Wildman–Crippen MR) is 409 cm³/mol. The lowest BCUT2D eigenvalue weighted by Crippen LogP contribution is -2.30. The first-order valence-corrected chi connectivity index (χ1v) is 45.0. The summed E-state index contributed by atoms with van der Waals surface area (Å²) < 4.78 is 68.7. The van der Waals surface area contributed by atoms with Gasteiger partial charge in [0.05, 0.1) is 26.4 Å². The number of phosphoric ester groups is 2. The van der Waals surface area contributed by atoms with Gasteiger partial charge in [0.15, 0.2) is 12.2 Å². The average molecular weight is 1470 g/mol. The number of aliphatic hydroxyl groups excluding tert-OH is 1. The molecule has 5 atom stereocenters. The van der Waals surface area contributed by atoms with Crippen molar-refractivity contribution in [3.63, 3.8) is 0 Å². The Hall–Kier alpha value is -1.94. The van der Waals surface area contributed by atoms with Crippen LogP contribution in [0, 0.1) is 11.8 Å². The number of aliphatic hydroxyl groups is 1. The molecular weight excluding hydrogens is 1310 g/mol. The Bertz CT molecular complexity index is 1920. The molecule has 0 bridgehead atoms. The van der Waals surface area contributed by atoms with E-state index < -0.39 is 97.5 Å². The van der Waals surface area contributed by atoms with E-state index in [9.17, 15) is 43.2 Å². The van der Waals surface area contributed by atoms with Crippen molar-refractivity contribution in [2.24, 2.45) is 11.8 Å². The lowest BCUT2D eigenvalue weighted by molar-refractivity contribution is -0.161. The largest absolute Gasteiger partial charge is 0.472 e. The second-order valence-corrected chi connectivity index (χ2v) is 33.0. The first-order chi connectivity index (χ1) is 48.4. The molecule has 0 amide bonds. The summed E-state index contributed by atoms with van der Waals surface area (Å²) in [4.78, 5) is 73.0. The van der Waals surface area contributed by atoms with Crippen molar-refractivity contribution in [3.05, 3.63) is 0 Å². The molecule has 0 aromatic rings. The third-order valence-corrected chi connectivity index (χ3v) is 20.9. The van der Waals surface area contributed by atoms with Crippen LogP contribution >= 0.6 is 15.6 Å². The molecule has 0 aromatic heterocycles. The van der Waals surface area contributed by atoms with Gasteiger partial charge in [0.1, 0.15) is 19.3 Å². The molecule has 0 aliphatic carbocycles.